The van der Waals surface area contributed by atoms with Gasteiger partial charge in [-0.25, -0.2) is 0 Å². The van der Waals surface area contributed by atoms with Gasteiger partial charge < -0.3 is 14.6 Å². The summed E-state index contributed by atoms with van der Waals surface area (Å²) < 4.78 is 7.59. The van der Waals surface area contributed by atoms with Gasteiger partial charge in [0.15, 0.2) is 5.82 Å². The standard InChI is InChI=1S/C25H37N5O2/c1-18(2)16-20-4-6-21(7-5-20)17-29-11-8-23-27-28-24(30(23)13-12-29)19(3)26-25(31)22-9-14-32-15-10-22/h4-7,18-19,22H,8-17H2,1-3H3,(H,26,31). The first-order valence-corrected chi connectivity index (χ1v) is 12.1. The van der Waals surface area contributed by atoms with Crippen LogP contribution in [0.5, 0.6) is 0 Å². The fourth-order valence-electron chi connectivity index (χ4n) is 4.73. The number of rotatable bonds is 7. The molecule has 1 atom stereocenters. The fraction of sp³-hybridized carbons (Fsp3) is 0.640. The Morgan fingerprint density at radius 1 is 1.06 bits per heavy atom. The van der Waals surface area contributed by atoms with Gasteiger partial charge in [-0.3, -0.25) is 9.69 Å². The van der Waals surface area contributed by atoms with Gasteiger partial charge in [-0.1, -0.05) is 38.1 Å². The second kappa shape index (κ2) is 10.6. The molecule has 1 amide bonds. The Hall–Kier alpha value is -2.25. The van der Waals surface area contributed by atoms with Crippen LogP contribution in [0.3, 0.4) is 0 Å². The van der Waals surface area contributed by atoms with Crippen LogP contribution in [0.15, 0.2) is 24.3 Å². The summed E-state index contributed by atoms with van der Waals surface area (Å²) in [4.78, 5) is 15.1. The molecule has 32 heavy (non-hydrogen) atoms. The lowest BCUT2D eigenvalue weighted by molar-refractivity contribution is -0.128. The van der Waals surface area contributed by atoms with Crippen molar-refractivity contribution in [3.05, 3.63) is 47.0 Å². The first-order valence-electron chi connectivity index (χ1n) is 12.1. The summed E-state index contributed by atoms with van der Waals surface area (Å²) in [5.41, 5.74) is 2.76. The second-order valence-electron chi connectivity index (χ2n) is 9.68. The van der Waals surface area contributed by atoms with Gasteiger partial charge in [0, 0.05) is 51.7 Å². The zero-order valence-electron chi connectivity index (χ0n) is 19.7. The zero-order chi connectivity index (χ0) is 22.5. The minimum absolute atomic E-state index is 0.0418. The second-order valence-corrected chi connectivity index (χ2v) is 9.68. The highest BCUT2D eigenvalue weighted by molar-refractivity contribution is 5.79. The Bertz CT molecular complexity index is 886. The Balaban J connectivity index is 1.34. The number of hydrogen-bond donors (Lipinski definition) is 1. The van der Waals surface area contributed by atoms with Crippen LogP contribution in [0.4, 0.5) is 0 Å². The predicted octanol–water partition coefficient (Wildman–Crippen LogP) is 3.14. The molecule has 2 aliphatic rings. The Labute approximate surface area is 191 Å². The molecule has 0 bridgehead atoms. The average Bonchev–Trinajstić information content (AvgIpc) is 3.10. The number of ether oxygens (including phenoxy) is 1. The maximum Gasteiger partial charge on any atom is 0.223 e. The highest BCUT2D eigenvalue weighted by Crippen LogP contribution is 2.20. The normalized spacial score (nSPS) is 18.9. The van der Waals surface area contributed by atoms with Gasteiger partial charge in [-0.2, -0.15) is 0 Å². The maximum atomic E-state index is 12.6. The summed E-state index contributed by atoms with van der Waals surface area (Å²) in [6.07, 6.45) is 3.59. The van der Waals surface area contributed by atoms with Crippen LogP contribution in [-0.2, 0) is 35.5 Å². The van der Waals surface area contributed by atoms with Crippen LogP contribution < -0.4 is 5.32 Å². The number of nitrogens with one attached hydrogen (secondary N) is 1. The molecule has 0 saturated carbocycles. The molecule has 7 heteroatoms. The quantitative estimate of drug-likeness (QED) is 0.718. The van der Waals surface area contributed by atoms with E-state index in [1.807, 2.05) is 6.92 Å². The van der Waals surface area contributed by atoms with E-state index in [0.717, 1.165) is 63.5 Å². The van der Waals surface area contributed by atoms with Crippen LogP contribution in [0, 0.1) is 11.8 Å². The van der Waals surface area contributed by atoms with E-state index in [9.17, 15) is 4.79 Å². The molecule has 0 aliphatic carbocycles. The first-order chi connectivity index (χ1) is 15.5. The van der Waals surface area contributed by atoms with Crippen molar-refractivity contribution in [3.63, 3.8) is 0 Å². The molecule has 2 aliphatic heterocycles. The number of hydrogen-bond acceptors (Lipinski definition) is 5. The minimum Gasteiger partial charge on any atom is -0.381 e. The molecule has 1 aromatic carbocycles. The molecule has 0 radical (unpaired) electrons. The zero-order valence-corrected chi connectivity index (χ0v) is 19.7. The van der Waals surface area contributed by atoms with Crippen molar-refractivity contribution in [3.8, 4) is 0 Å². The minimum atomic E-state index is -0.147. The van der Waals surface area contributed by atoms with E-state index >= 15 is 0 Å². The van der Waals surface area contributed by atoms with Gasteiger partial charge in [0.2, 0.25) is 5.91 Å². The third-order valence-corrected chi connectivity index (χ3v) is 6.56. The van der Waals surface area contributed by atoms with Crippen molar-refractivity contribution in [2.24, 2.45) is 11.8 Å². The topological polar surface area (TPSA) is 72.3 Å². The molecule has 4 rings (SSSR count). The Morgan fingerprint density at radius 2 is 1.78 bits per heavy atom. The van der Waals surface area contributed by atoms with Crippen molar-refractivity contribution < 1.29 is 9.53 Å². The predicted molar refractivity (Wildman–Crippen MR) is 124 cm³/mol. The molecule has 0 spiro atoms. The van der Waals surface area contributed by atoms with Crippen LogP contribution in [0.2, 0.25) is 0 Å². The number of carbonyl (C=O) groups is 1. The van der Waals surface area contributed by atoms with Gasteiger partial charge in [-0.05, 0) is 43.2 Å². The van der Waals surface area contributed by atoms with Crippen molar-refractivity contribution in [2.45, 2.75) is 65.6 Å². The molecular weight excluding hydrogens is 402 g/mol. The highest BCUT2D eigenvalue weighted by atomic mass is 16.5. The van der Waals surface area contributed by atoms with Crippen LogP contribution in [0.1, 0.15) is 62.4 Å². The van der Waals surface area contributed by atoms with Crippen molar-refractivity contribution in [1.82, 2.24) is 25.0 Å². The molecule has 1 aromatic heterocycles. The molecule has 1 N–H and O–H groups in total. The molecule has 1 fully saturated rings. The average molecular weight is 440 g/mol. The fourth-order valence-corrected chi connectivity index (χ4v) is 4.73. The SMILES string of the molecule is CC(C)Cc1ccc(CN2CCc3nnc(C(C)NC(=O)C4CCOCC4)n3CC2)cc1. The van der Waals surface area contributed by atoms with Gasteiger partial charge in [0.25, 0.3) is 0 Å². The number of amides is 1. The summed E-state index contributed by atoms with van der Waals surface area (Å²) in [5, 5.41) is 12.0. The molecule has 1 unspecified atom stereocenters. The van der Waals surface area contributed by atoms with Crippen LogP contribution in [-0.4, -0.2) is 51.9 Å². The van der Waals surface area contributed by atoms with Crippen molar-refractivity contribution in [2.75, 3.05) is 26.3 Å². The maximum absolute atomic E-state index is 12.6. The van der Waals surface area contributed by atoms with Crippen molar-refractivity contribution in [1.29, 1.82) is 0 Å². The smallest absolute Gasteiger partial charge is 0.223 e. The summed E-state index contributed by atoms with van der Waals surface area (Å²) in [6.45, 7) is 11.6. The van der Waals surface area contributed by atoms with Crippen molar-refractivity contribution >= 4 is 5.91 Å². The van der Waals surface area contributed by atoms with E-state index < -0.39 is 0 Å². The van der Waals surface area contributed by atoms with Crippen LogP contribution in [0.25, 0.3) is 0 Å². The van der Waals surface area contributed by atoms with Gasteiger partial charge in [-0.15, -0.1) is 10.2 Å². The number of carbonyl (C=O) groups excluding carboxylic acids is 1. The summed E-state index contributed by atoms with van der Waals surface area (Å²) in [6, 6.07) is 8.92. The Kier molecular flexibility index (Phi) is 7.58. The molecule has 3 heterocycles. The van der Waals surface area contributed by atoms with Gasteiger partial charge in [0.05, 0.1) is 6.04 Å². The number of nitrogens with zero attached hydrogens (tertiary/aromatic N) is 4. The monoisotopic (exact) mass is 439 g/mol. The third-order valence-electron chi connectivity index (χ3n) is 6.56. The largest absolute Gasteiger partial charge is 0.381 e. The highest BCUT2D eigenvalue weighted by Gasteiger charge is 2.26. The molecule has 2 aromatic rings. The number of fused-ring (bicyclic) bond motifs is 1. The van der Waals surface area contributed by atoms with E-state index in [1.165, 1.54) is 11.1 Å². The summed E-state index contributed by atoms with van der Waals surface area (Å²) >= 11 is 0. The first kappa shape index (κ1) is 22.9. The lowest BCUT2D eigenvalue weighted by atomic mass is 9.99. The third kappa shape index (κ3) is 5.75. The lowest BCUT2D eigenvalue weighted by Crippen LogP contribution is -2.36. The van der Waals surface area contributed by atoms with E-state index in [2.05, 4.69) is 63.1 Å². The number of aromatic nitrogens is 3. The van der Waals surface area contributed by atoms with E-state index in [1.54, 1.807) is 0 Å². The summed E-state index contributed by atoms with van der Waals surface area (Å²) in [7, 11) is 0. The molecule has 174 valence electrons. The van der Waals surface area contributed by atoms with Gasteiger partial charge >= 0.3 is 0 Å². The van der Waals surface area contributed by atoms with Crippen LogP contribution >= 0.6 is 0 Å². The lowest BCUT2D eigenvalue weighted by Gasteiger charge is -2.23. The molecular formula is C25H37N5O2. The molecule has 1 saturated heterocycles. The summed E-state index contributed by atoms with van der Waals surface area (Å²) in [5.74, 6) is 2.71. The van der Waals surface area contributed by atoms with Gasteiger partial charge in [0.1, 0.15) is 5.82 Å². The Morgan fingerprint density at radius 3 is 2.50 bits per heavy atom. The van der Waals surface area contributed by atoms with E-state index in [0.29, 0.717) is 19.1 Å². The van der Waals surface area contributed by atoms with E-state index in [-0.39, 0.29) is 17.9 Å². The number of benzene rings is 1. The van der Waals surface area contributed by atoms with E-state index in [4.69, 9.17) is 4.74 Å². The molecule has 7 nitrogen and oxygen atoms in total.